The van der Waals surface area contributed by atoms with Gasteiger partial charge in [0.2, 0.25) is 0 Å². The highest BCUT2D eigenvalue weighted by Gasteiger charge is 2.15. The summed E-state index contributed by atoms with van der Waals surface area (Å²) in [5.41, 5.74) is 0.788. The molecule has 0 aliphatic carbocycles. The van der Waals surface area contributed by atoms with Gasteiger partial charge in [-0.05, 0) is 45.7 Å². The van der Waals surface area contributed by atoms with Crippen LogP contribution in [-0.4, -0.2) is 36.2 Å². The fourth-order valence-electron chi connectivity index (χ4n) is 2.28. The number of benzene rings is 1. The quantitative estimate of drug-likeness (QED) is 0.646. The summed E-state index contributed by atoms with van der Waals surface area (Å²) in [6.45, 7) is 12.7. The Morgan fingerprint density at radius 2 is 1.81 bits per heavy atom. The number of nitrogens with one attached hydrogen (secondary N) is 1. The Balaban J connectivity index is 0.00000301. The maximum absolute atomic E-state index is 11.6. The van der Waals surface area contributed by atoms with E-state index in [1.54, 1.807) is 0 Å². The third-order valence-corrected chi connectivity index (χ3v) is 3.36. The number of nitriles is 1. The van der Waals surface area contributed by atoms with Gasteiger partial charge in [-0.2, -0.15) is 5.26 Å². The van der Waals surface area contributed by atoms with Gasteiger partial charge in [0, 0.05) is 26.1 Å². The Bertz CT molecular complexity index is 518. The van der Waals surface area contributed by atoms with Gasteiger partial charge in [0.15, 0.2) is 0 Å². The smallest absolute Gasteiger partial charge is 0.407 e. The standard InChI is InChI=1S/C19H29N3O2.C2H6/c1-19(2,3)24-18(23)21-13-7-8-14-22(15-9-12-20)16-17-10-5-4-6-11-17;1-2/h4-6,10-11H,7-9,13-16H2,1-3H3,(H,21,23);1-2H3. The molecule has 5 nitrogen and oxygen atoms in total. The van der Waals surface area contributed by atoms with Crippen LogP contribution in [0.4, 0.5) is 4.79 Å². The molecule has 0 aliphatic heterocycles. The van der Waals surface area contributed by atoms with Crippen LogP contribution in [0.15, 0.2) is 30.3 Å². The van der Waals surface area contributed by atoms with E-state index in [-0.39, 0.29) is 6.09 Å². The first-order valence-electron chi connectivity index (χ1n) is 9.51. The highest BCUT2D eigenvalue weighted by Crippen LogP contribution is 2.08. The van der Waals surface area contributed by atoms with Crippen molar-refractivity contribution in [3.8, 4) is 6.07 Å². The van der Waals surface area contributed by atoms with Gasteiger partial charge in [-0.1, -0.05) is 44.2 Å². The topological polar surface area (TPSA) is 65.4 Å². The second-order valence-electron chi connectivity index (χ2n) is 6.81. The zero-order chi connectivity index (χ0) is 19.8. The molecule has 1 aromatic rings. The highest BCUT2D eigenvalue weighted by atomic mass is 16.6. The molecule has 1 N–H and O–H groups in total. The number of carbonyl (C=O) groups is 1. The Kier molecular flexibility index (Phi) is 13.0. The second kappa shape index (κ2) is 14.1. The zero-order valence-electron chi connectivity index (χ0n) is 17.0. The van der Waals surface area contributed by atoms with Crippen molar-refractivity contribution in [2.75, 3.05) is 19.6 Å². The van der Waals surface area contributed by atoms with Crippen LogP contribution in [0.1, 0.15) is 59.4 Å². The van der Waals surface area contributed by atoms with E-state index in [0.717, 1.165) is 32.5 Å². The summed E-state index contributed by atoms with van der Waals surface area (Å²) in [5, 5.41) is 11.6. The lowest BCUT2D eigenvalue weighted by Crippen LogP contribution is -2.33. The molecule has 0 radical (unpaired) electrons. The van der Waals surface area contributed by atoms with Gasteiger partial charge in [0.05, 0.1) is 6.07 Å². The predicted octanol–water partition coefficient (Wildman–Crippen LogP) is 4.73. The van der Waals surface area contributed by atoms with E-state index in [1.807, 2.05) is 52.8 Å². The minimum Gasteiger partial charge on any atom is -0.444 e. The van der Waals surface area contributed by atoms with E-state index in [9.17, 15) is 4.79 Å². The number of unbranched alkanes of at least 4 members (excludes halogenated alkanes) is 1. The Hall–Kier alpha value is -2.06. The van der Waals surface area contributed by atoms with E-state index >= 15 is 0 Å². The molecular formula is C21H35N3O2. The molecule has 146 valence electrons. The normalized spacial score (nSPS) is 10.5. The van der Waals surface area contributed by atoms with Gasteiger partial charge in [-0.25, -0.2) is 4.79 Å². The van der Waals surface area contributed by atoms with Crippen molar-refractivity contribution in [1.82, 2.24) is 10.2 Å². The van der Waals surface area contributed by atoms with Crippen LogP contribution in [-0.2, 0) is 11.3 Å². The van der Waals surface area contributed by atoms with E-state index in [4.69, 9.17) is 10.00 Å². The van der Waals surface area contributed by atoms with Crippen LogP contribution in [0, 0.1) is 11.3 Å². The number of hydrogen-bond acceptors (Lipinski definition) is 4. The van der Waals surface area contributed by atoms with Crippen molar-refractivity contribution in [2.45, 2.75) is 66.0 Å². The predicted molar refractivity (Wildman–Crippen MR) is 107 cm³/mol. The summed E-state index contributed by atoms with van der Waals surface area (Å²) in [4.78, 5) is 13.8. The SMILES string of the molecule is CC.CC(C)(C)OC(=O)NCCCCN(CCC#N)Cc1ccccc1. The van der Waals surface area contributed by atoms with Crippen LogP contribution in [0.3, 0.4) is 0 Å². The molecule has 0 saturated carbocycles. The lowest BCUT2D eigenvalue weighted by atomic mass is 10.2. The van der Waals surface area contributed by atoms with Crippen LogP contribution in [0.25, 0.3) is 0 Å². The summed E-state index contributed by atoms with van der Waals surface area (Å²) in [6, 6.07) is 12.5. The first-order valence-corrected chi connectivity index (χ1v) is 9.51. The van der Waals surface area contributed by atoms with Crippen molar-refractivity contribution in [2.24, 2.45) is 0 Å². The van der Waals surface area contributed by atoms with Crippen molar-refractivity contribution >= 4 is 6.09 Å². The molecule has 26 heavy (non-hydrogen) atoms. The van der Waals surface area contributed by atoms with E-state index in [2.05, 4.69) is 28.4 Å². The molecule has 0 aromatic heterocycles. The Morgan fingerprint density at radius 1 is 1.15 bits per heavy atom. The van der Waals surface area contributed by atoms with Crippen LogP contribution in [0.5, 0.6) is 0 Å². The van der Waals surface area contributed by atoms with Crippen LogP contribution in [0.2, 0.25) is 0 Å². The minimum absolute atomic E-state index is 0.367. The zero-order valence-corrected chi connectivity index (χ0v) is 17.0. The molecule has 0 atom stereocenters. The third-order valence-electron chi connectivity index (χ3n) is 3.36. The van der Waals surface area contributed by atoms with Gasteiger partial charge < -0.3 is 10.1 Å². The third kappa shape index (κ3) is 13.3. The fraction of sp³-hybridized carbons (Fsp3) is 0.619. The molecular weight excluding hydrogens is 326 g/mol. The van der Waals surface area contributed by atoms with E-state index in [1.165, 1.54) is 5.56 Å². The monoisotopic (exact) mass is 361 g/mol. The van der Waals surface area contributed by atoms with Crippen molar-refractivity contribution in [3.05, 3.63) is 35.9 Å². The number of rotatable bonds is 9. The van der Waals surface area contributed by atoms with Gasteiger partial charge in [0.25, 0.3) is 0 Å². The average molecular weight is 362 g/mol. The summed E-state index contributed by atoms with van der Waals surface area (Å²) < 4.78 is 5.20. The summed E-state index contributed by atoms with van der Waals surface area (Å²) >= 11 is 0. The second-order valence-corrected chi connectivity index (χ2v) is 6.81. The average Bonchev–Trinajstić information content (AvgIpc) is 2.60. The lowest BCUT2D eigenvalue weighted by molar-refractivity contribution is 0.0526. The number of nitrogens with zero attached hydrogens (tertiary/aromatic N) is 2. The van der Waals surface area contributed by atoms with Crippen LogP contribution >= 0.6 is 0 Å². The first-order chi connectivity index (χ1) is 12.4. The van der Waals surface area contributed by atoms with E-state index < -0.39 is 5.60 Å². The molecule has 0 unspecified atom stereocenters. The maximum atomic E-state index is 11.6. The van der Waals surface area contributed by atoms with Gasteiger partial charge >= 0.3 is 6.09 Å². The lowest BCUT2D eigenvalue weighted by Gasteiger charge is -2.22. The molecule has 0 saturated heterocycles. The molecule has 1 amide bonds. The van der Waals surface area contributed by atoms with Crippen molar-refractivity contribution in [1.29, 1.82) is 5.26 Å². The van der Waals surface area contributed by atoms with Crippen LogP contribution < -0.4 is 5.32 Å². The summed E-state index contributed by atoms with van der Waals surface area (Å²) in [5.74, 6) is 0. The van der Waals surface area contributed by atoms with Crippen molar-refractivity contribution < 1.29 is 9.53 Å². The molecule has 0 heterocycles. The van der Waals surface area contributed by atoms with Crippen molar-refractivity contribution in [3.63, 3.8) is 0 Å². The van der Waals surface area contributed by atoms with E-state index in [0.29, 0.717) is 13.0 Å². The molecule has 1 aromatic carbocycles. The highest BCUT2D eigenvalue weighted by molar-refractivity contribution is 5.67. The largest absolute Gasteiger partial charge is 0.444 e. The number of alkyl carbamates (subject to hydrolysis) is 1. The summed E-state index contributed by atoms with van der Waals surface area (Å²) in [6.07, 6.45) is 2.02. The van der Waals surface area contributed by atoms with Gasteiger partial charge in [-0.3, -0.25) is 4.90 Å². The number of ether oxygens (including phenoxy) is 1. The molecule has 5 heteroatoms. The maximum Gasteiger partial charge on any atom is 0.407 e. The molecule has 0 fully saturated rings. The van der Waals surface area contributed by atoms with Gasteiger partial charge in [0.1, 0.15) is 5.60 Å². The number of hydrogen-bond donors (Lipinski definition) is 1. The first kappa shape index (κ1) is 23.9. The fourth-order valence-corrected chi connectivity index (χ4v) is 2.28. The number of amides is 1. The van der Waals surface area contributed by atoms with Gasteiger partial charge in [-0.15, -0.1) is 0 Å². The minimum atomic E-state index is -0.464. The molecule has 0 spiro atoms. The molecule has 1 rings (SSSR count). The summed E-state index contributed by atoms with van der Waals surface area (Å²) in [7, 11) is 0. The molecule has 0 bridgehead atoms. The molecule has 0 aliphatic rings. The Labute approximate surface area is 159 Å². The number of carbonyl (C=O) groups excluding carboxylic acids is 1. The Morgan fingerprint density at radius 3 is 2.38 bits per heavy atom.